The number of carbonyl (C=O) groups is 3. The second-order valence-electron chi connectivity index (χ2n) is 20.4. The number of ether oxygens (including phenoxy) is 2. The highest BCUT2D eigenvalue weighted by Crippen LogP contribution is 2.43. The number of β-amino-alcohol motifs (C(OH)–C–C–N with tert-alkyl or cyclic N) is 1. The molecule has 9 rings (SSSR count). The summed E-state index contributed by atoms with van der Waals surface area (Å²) in [5, 5.41) is 33.7. The van der Waals surface area contributed by atoms with Crippen LogP contribution in [0, 0.1) is 24.2 Å². The molecule has 1 spiro atoms. The maximum Gasteiger partial charge on any atom is 0.248 e. The smallest absolute Gasteiger partial charge is 0.248 e. The number of aromatic nitrogens is 6. The number of nitrogens with one attached hydrogen (secondary N) is 1. The van der Waals surface area contributed by atoms with Crippen molar-refractivity contribution in [2.75, 3.05) is 62.2 Å². The van der Waals surface area contributed by atoms with Gasteiger partial charge in [0.1, 0.15) is 40.5 Å². The van der Waals surface area contributed by atoms with Gasteiger partial charge >= 0.3 is 0 Å². The van der Waals surface area contributed by atoms with Crippen molar-refractivity contribution in [2.45, 2.75) is 132 Å². The predicted octanol–water partition coefficient (Wildman–Crippen LogP) is 4.82. The maximum absolute atomic E-state index is 13.9. The van der Waals surface area contributed by atoms with E-state index in [9.17, 15) is 24.6 Å². The summed E-state index contributed by atoms with van der Waals surface area (Å²) in [6.07, 6.45) is 8.68. The number of aliphatic hydroxyl groups is 2. The van der Waals surface area contributed by atoms with Crippen molar-refractivity contribution < 1.29 is 34.1 Å². The predicted molar refractivity (Wildman–Crippen MR) is 272 cm³/mol. The van der Waals surface area contributed by atoms with E-state index in [1.165, 1.54) is 21.3 Å². The minimum absolute atomic E-state index is 0.00790. The van der Waals surface area contributed by atoms with Crippen LogP contribution in [0.5, 0.6) is 5.75 Å². The number of aliphatic hydroxyl groups excluding tert-OH is 2. The van der Waals surface area contributed by atoms with Crippen LogP contribution in [0.15, 0.2) is 52.8 Å². The van der Waals surface area contributed by atoms with Crippen LogP contribution in [0.3, 0.4) is 0 Å². The van der Waals surface area contributed by atoms with Crippen molar-refractivity contribution in [1.29, 1.82) is 0 Å². The Morgan fingerprint density at radius 3 is 2.42 bits per heavy atom. The van der Waals surface area contributed by atoms with Gasteiger partial charge in [0, 0.05) is 117 Å². The molecular weight excluding hydrogens is 984 g/mol. The van der Waals surface area contributed by atoms with Crippen LogP contribution in [0.1, 0.15) is 88.7 Å². The lowest BCUT2D eigenvalue weighted by Crippen LogP contribution is -2.51. The first-order valence-electron chi connectivity index (χ1n) is 25.2. The normalized spacial score (nSPS) is 23.3. The molecule has 5 aliphatic heterocycles. The monoisotopic (exact) mass is 1050 g/mol. The van der Waals surface area contributed by atoms with E-state index in [1.807, 2.05) is 37.8 Å². The number of likely N-dealkylation sites (tertiary alicyclic amines) is 2. The van der Waals surface area contributed by atoms with Gasteiger partial charge in [-0.1, -0.05) is 60.1 Å². The van der Waals surface area contributed by atoms with Gasteiger partial charge in [0.15, 0.2) is 5.82 Å². The number of halogens is 2. The Balaban J connectivity index is 0.747. The summed E-state index contributed by atoms with van der Waals surface area (Å²) in [5.41, 5.74) is 8.42. The molecule has 8 heterocycles. The average Bonchev–Trinajstić information content (AvgIpc) is 4.07. The minimum Gasteiger partial charge on any atom is -0.490 e. The molecule has 5 aliphatic rings. The van der Waals surface area contributed by atoms with Crippen molar-refractivity contribution in [3.63, 3.8) is 0 Å². The number of rotatable bonds is 14. The van der Waals surface area contributed by atoms with Gasteiger partial charge in [0.25, 0.3) is 0 Å². The zero-order valence-corrected chi connectivity index (χ0v) is 43.7. The van der Waals surface area contributed by atoms with E-state index >= 15 is 0 Å². The van der Waals surface area contributed by atoms with E-state index in [1.54, 1.807) is 37.6 Å². The number of nitrogens with zero attached hydrogens (tertiary/aromatic N) is 10. The van der Waals surface area contributed by atoms with Crippen molar-refractivity contribution in [3.8, 4) is 5.75 Å². The van der Waals surface area contributed by atoms with E-state index in [-0.39, 0.29) is 79.3 Å². The highest BCUT2D eigenvalue weighted by atomic mass is 35.5. The van der Waals surface area contributed by atoms with Crippen LogP contribution in [-0.2, 0) is 32.3 Å². The fourth-order valence-electron chi connectivity index (χ4n) is 11.0. The van der Waals surface area contributed by atoms with Crippen molar-refractivity contribution >= 4 is 64.3 Å². The van der Waals surface area contributed by atoms with Crippen molar-refractivity contribution in [2.24, 2.45) is 23.0 Å². The van der Waals surface area contributed by atoms with Crippen LogP contribution >= 0.6 is 35.0 Å². The Hall–Kier alpha value is -4.83. The third-order valence-electron chi connectivity index (χ3n) is 15.2. The molecule has 72 heavy (non-hydrogen) atoms. The number of pyridine rings is 1. The Morgan fingerprint density at radius 1 is 1.01 bits per heavy atom. The molecule has 3 aromatic heterocycles. The Kier molecular flexibility index (Phi) is 16.1. The Labute approximate surface area is 434 Å². The fourth-order valence-corrected chi connectivity index (χ4v) is 12.3. The second kappa shape index (κ2) is 22.3. The molecule has 5 N–H and O–H groups in total. The topological polar surface area (TPSA) is 231 Å². The summed E-state index contributed by atoms with van der Waals surface area (Å²) in [6.45, 7) is 12.1. The summed E-state index contributed by atoms with van der Waals surface area (Å²) in [6, 6.07) is 5.60. The molecular formula is C50H66Cl2N12O7S. The largest absolute Gasteiger partial charge is 0.490 e. The van der Waals surface area contributed by atoms with E-state index in [0.29, 0.717) is 108 Å². The van der Waals surface area contributed by atoms with Gasteiger partial charge in [-0.15, -0.1) is 5.10 Å². The molecule has 0 saturated carbocycles. The van der Waals surface area contributed by atoms with E-state index in [4.69, 9.17) is 48.4 Å². The van der Waals surface area contributed by atoms with Crippen LogP contribution in [-0.4, -0.2) is 150 Å². The second-order valence-corrected chi connectivity index (χ2v) is 22.3. The summed E-state index contributed by atoms with van der Waals surface area (Å²) >= 11 is 14.9. The number of carbonyl (C=O) groups excluding carboxylic acids is 3. The maximum atomic E-state index is 13.9. The molecule has 1 aromatic carbocycles. The average molecular weight is 1050 g/mol. The van der Waals surface area contributed by atoms with Gasteiger partial charge in [-0.3, -0.25) is 14.4 Å². The minimum atomic E-state index is -0.862. The SMILES string of the molecule is Cc1cn([C@H](C(=O)N2C[C@H](O)C[C@H]2C(=O)NCc2ccc(Cl)cc2OC2CCN(C(=O)C3CCN(c4nccc(Sc5cnc(N6CCC7(CC6)CO[C@@H](C)[C@H]7N)c(CO)n5)c4Cl)CC3)CC2)C(C)C)nn1. The number of anilines is 2. The van der Waals surface area contributed by atoms with E-state index in [2.05, 4.69) is 30.4 Å². The van der Waals surface area contributed by atoms with Crippen LogP contribution in [0.2, 0.25) is 10.0 Å². The summed E-state index contributed by atoms with van der Waals surface area (Å²) in [4.78, 5) is 64.2. The molecule has 0 aliphatic carbocycles. The lowest BCUT2D eigenvalue weighted by atomic mass is 9.73. The first kappa shape index (κ1) is 52.0. The summed E-state index contributed by atoms with van der Waals surface area (Å²) < 4.78 is 13.9. The van der Waals surface area contributed by atoms with Gasteiger partial charge in [-0.05, 0) is 63.6 Å². The van der Waals surface area contributed by atoms with Crippen LogP contribution in [0.4, 0.5) is 11.6 Å². The van der Waals surface area contributed by atoms with Crippen LogP contribution < -0.4 is 25.6 Å². The zero-order chi connectivity index (χ0) is 50.8. The molecule has 22 heteroatoms. The molecule has 5 saturated heterocycles. The van der Waals surface area contributed by atoms with Crippen molar-refractivity contribution in [1.82, 2.24) is 45.1 Å². The molecule has 19 nitrogen and oxygen atoms in total. The van der Waals surface area contributed by atoms with Gasteiger partial charge in [-0.25, -0.2) is 19.6 Å². The molecule has 5 atom stereocenters. The highest BCUT2D eigenvalue weighted by Gasteiger charge is 2.48. The zero-order valence-electron chi connectivity index (χ0n) is 41.3. The third kappa shape index (κ3) is 11.1. The number of aryl methyl sites for hydroxylation is 1. The third-order valence-corrected chi connectivity index (χ3v) is 16.9. The number of hydrogen-bond donors (Lipinski definition) is 4. The number of piperidine rings is 3. The lowest BCUT2D eigenvalue weighted by Gasteiger charge is -2.41. The molecule has 388 valence electrons. The molecule has 3 amide bonds. The highest BCUT2D eigenvalue weighted by molar-refractivity contribution is 7.99. The fraction of sp³-hybridized carbons (Fsp3) is 0.600. The van der Waals surface area contributed by atoms with Crippen molar-refractivity contribution in [3.05, 3.63) is 69.9 Å². The first-order valence-corrected chi connectivity index (χ1v) is 26.7. The van der Waals surface area contributed by atoms with Gasteiger partial charge in [-0.2, -0.15) is 0 Å². The standard InChI is InChI=1S/C50H66Cl2N12O7S/c1-29(2)43(64-25-30(3)58-59-64)49(69)63-26-35(66)22-38(63)47(67)56-23-33-5-6-34(51)21-39(33)71-36-10-17-62(18-11-36)48(68)32-8-15-60(16-9-32)46-42(52)40(7-14-54-46)72-41-24-55-45(37(27-65)57-41)61-19-12-50(13-20-61)28-70-31(4)44(50)53/h5-7,14,21,24-25,29,31-32,35-36,38,43-44,65-66H,8-13,15-20,22-23,26-28,53H2,1-4H3,(H,56,67)/t31-,35+,38-,43-,44+/m0/s1. The quantitative estimate of drug-likeness (QED) is 0.133. The van der Waals surface area contributed by atoms with Gasteiger partial charge in [0.05, 0.1) is 42.3 Å². The van der Waals surface area contributed by atoms with Gasteiger partial charge in [0.2, 0.25) is 17.7 Å². The first-order chi connectivity index (χ1) is 34.6. The molecule has 4 aromatic rings. The van der Waals surface area contributed by atoms with Gasteiger partial charge < -0.3 is 50.3 Å². The van der Waals surface area contributed by atoms with Crippen LogP contribution in [0.25, 0.3) is 0 Å². The summed E-state index contributed by atoms with van der Waals surface area (Å²) in [5.74, 6) is 1.08. The Morgan fingerprint density at radius 2 is 1.75 bits per heavy atom. The number of benzene rings is 1. The number of amides is 3. The Bertz CT molecular complexity index is 2590. The van der Waals surface area contributed by atoms with E-state index in [0.717, 1.165) is 30.8 Å². The molecule has 0 unspecified atom stereocenters. The summed E-state index contributed by atoms with van der Waals surface area (Å²) in [7, 11) is 0. The molecule has 0 bridgehead atoms. The molecule has 5 fully saturated rings. The number of hydrogen-bond acceptors (Lipinski definition) is 16. The number of nitrogens with two attached hydrogens (primary N) is 1. The van der Waals surface area contributed by atoms with E-state index < -0.39 is 18.2 Å². The lowest BCUT2D eigenvalue weighted by molar-refractivity contribution is -0.142. The molecule has 0 radical (unpaired) electrons.